The van der Waals surface area contributed by atoms with E-state index < -0.39 is 0 Å². The lowest BCUT2D eigenvalue weighted by Gasteiger charge is -2.20. The van der Waals surface area contributed by atoms with Crippen molar-refractivity contribution < 1.29 is 9.21 Å². The van der Waals surface area contributed by atoms with Crippen LogP contribution in [0.3, 0.4) is 0 Å². The summed E-state index contributed by atoms with van der Waals surface area (Å²) in [4.78, 5) is 11.5. The zero-order valence-corrected chi connectivity index (χ0v) is 12.5. The average Bonchev–Trinajstić information content (AvgIpc) is 3.08. The largest absolute Gasteiger partial charge is 0.472 e. The number of carbonyl (C=O) groups excluding carboxylic acids is 1. The lowest BCUT2D eigenvalue weighted by Crippen LogP contribution is -2.23. The summed E-state index contributed by atoms with van der Waals surface area (Å²) in [6.45, 7) is 2.99. The first-order valence-electron chi connectivity index (χ1n) is 7.06. The van der Waals surface area contributed by atoms with E-state index in [1.54, 1.807) is 12.5 Å². The summed E-state index contributed by atoms with van der Waals surface area (Å²) in [5.41, 5.74) is 3.81. The fourth-order valence-corrected chi connectivity index (χ4v) is 2.90. The van der Waals surface area contributed by atoms with Crippen LogP contribution in [0.4, 0.5) is 5.69 Å². The van der Waals surface area contributed by atoms with Crippen LogP contribution in [-0.2, 0) is 11.2 Å². The Morgan fingerprint density at radius 2 is 2.33 bits per heavy atom. The standard InChI is InChI=1S/C16H17ClN2O2/c1-2-4-18-16(10-3-5-21-9-10)12-6-11-7-15(20)19-14(11)8-13(12)17/h3,5-6,8-9,16,18H,2,4,7H2,1H3,(H,19,20). The molecule has 2 heterocycles. The molecule has 2 aromatic rings. The van der Waals surface area contributed by atoms with Crippen LogP contribution in [0.5, 0.6) is 0 Å². The molecule has 0 bridgehead atoms. The molecule has 1 aromatic heterocycles. The number of anilines is 1. The van der Waals surface area contributed by atoms with Crippen molar-refractivity contribution in [2.75, 3.05) is 11.9 Å². The Bertz CT molecular complexity index is 653. The third kappa shape index (κ3) is 2.82. The highest BCUT2D eigenvalue weighted by atomic mass is 35.5. The predicted molar refractivity (Wildman–Crippen MR) is 82.6 cm³/mol. The van der Waals surface area contributed by atoms with E-state index in [0.29, 0.717) is 11.4 Å². The van der Waals surface area contributed by atoms with Crippen LogP contribution >= 0.6 is 11.6 Å². The third-order valence-corrected chi connectivity index (χ3v) is 3.96. The zero-order chi connectivity index (χ0) is 14.8. The molecular formula is C16H17ClN2O2. The monoisotopic (exact) mass is 304 g/mol. The molecule has 0 aliphatic carbocycles. The maximum Gasteiger partial charge on any atom is 0.228 e. The Balaban J connectivity index is 1.99. The minimum absolute atomic E-state index is 0.0135. The summed E-state index contributed by atoms with van der Waals surface area (Å²) < 4.78 is 5.20. The van der Waals surface area contributed by atoms with Crippen LogP contribution in [0.15, 0.2) is 35.1 Å². The average molecular weight is 305 g/mol. The Labute approximate surface area is 128 Å². The molecule has 0 fully saturated rings. The quantitative estimate of drug-likeness (QED) is 0.888. The molecule has 110 valence electrons. The number of halogens is 1. The van der Waals surface area contributed by atoms with Gasteiger partial charge in [-0.3, -0.25) is 4.79 Å². The molecule has 4 nitrogen and oxygen atoms in total. The van der Waals surface area contributed by atoms with Gasteiger partial charge in [0.2, 0.25) is 5.91 Å². The van der Waals surface area contributed by atoms with E-state index in [-0.39, 0.29) is 11.9 Å². The van der Waals surface area contributed by atoms with Crippen LogP contribution in [0.25, 0.3) is 0 Å². The molecule has 2 N–H and O–H groups in total. The molecule has 0 saturated carbocycles. The first-order valence-corrected chi connectivity index (χ1v) is 7.44. The van der Waals surface area contributed by atoms with E-state index in [4.69, 9.17) is 16.0 Å². The van der Waals surface area contributed by atoms with Crippen LogP contribution in [0.1, 0.15) is 36.1 Å². The number of amides is 1. The molecule has 0 saturated heterocycles. The zero-order valence-electron chi connectivity index (χ0n) is 11.8. The lowest BCUT2D eigenvalue weighted by molar-refractivity contribution is -0.115. The van der Waals surface area contributed by atoms with Crippen molar-refractivity contribution in [1.82, 2.24) is 5.32 Å². The van der Waals surface area contributed by atoms with Gasteiger partial charge in [0.05, 0.1) is 25.0 Å². The fourth-order valence-electron chi connectivity index (χ4n) is 2.62. The second kappa shape index (κ2) is 5.92. The van der Waals surface area contributed by atoms with Gasteiger partial charge in [0.25, 0.3) is 0 Å². The van der Waals surface area contributed by atoms with E-state index in [1.807, 2.05) is 18.2 Å². The van der Waals surface area contributed by atoms with Gasteiger partial charge >= 0.3 is 0 Å². The van der Waals surface area contributed by atoms with Gasteiger partial charge in [0.15, 0.2) is 0 Å². The number of nitrogens with one attached hydrogen (secondary N) is 2. The van der Waals surface area contributed by atoms with Crippen molar-refractivity contribution in [2.45, 2.75) is 25.8 Å². The van der Waals surface area contributed by atoms with Gasteiger partial charge in [-0.1, -0.05) is 18.5 Å². The van der Waals surface area contributed by atoms with Gasteiger partial charge in [-0.25, -0.2) is 0 Å². The van der Waals surface area contributed by atoms with Crippen LogP contribution in [-0.4, -0.2) is 12.5 Å². The van der Waals surface area contributed by atoms with Crippen molar-refractivity contribution >= 4 is 23.2 Å². The van der Waals surface area contributed by atoms with Crippen LogP contribution < -0.4 is 10.6 Å². The first-order chi connectivity index (χ1) is 10.2. The summed E-state index contributed by atoms with van der Waals surface area (Å²) >= 11 is 6.42. The number of hydrogen-bond donors (Lipinski definition) is 2. The summed E-state index contributed by atoms with van der Waals surface area (Å²) in [5, 5.41) is 6.95. The number of fused-ring (bicyclic) bond motifs is 1. The number of hydrogen-bond acceptors (Lipinski definition) is 3. The molecule has 1 aliphatic heterocycles. The normalized spacial score (nSPS) is 14.9. The van der Waals surface area contributed by atoms with Crippen molar-refractivity contribution in [3.8, 4) is 0 Å². The van der Waals surface area contributed by atoms with Gasteiger partial charge in [0, 0.05) is 16.3 Å². The summed E-state index contributed by atoms with van der Waals surface area (Å²) in [6, 6.07) is 5.74. The molecule has 5 heteroatoms. The van der Waals surface area contributed by atoms with E-state index in [2.05, 4.69) is 17.6 Å². The topological polar surface area (TPSA) is 54.3 Å². The minimum Gasteiger partial charge on any atom is -0.472 e. The Morgan fingerprint density at radius 3 is 3.05 bits per heavy atom. The molecule has 1 atom stereocenters. The van der Waals surface area contributed by atoms with E-state index >= 15 is 0 Å². The minimum atomic E-state index is -0.0304. The third-order valence-electron chi connectivity index (χ3n) is 3.63. The Kier molecular flexibility index (Phi) is 3.99. The Morgan fingerprint density at radius 1 is 1.48 bits per heavy atom. The molecule has 1 aromatic carbocycles. The molecule has 3 rings (SSSR count). The molecule has 0 spiro atoms. The van der Waals surface area contributed by atoms with E-state index in [9.17, 15) is 4.79 Å². The van der Waals surface area contributed by atoms with Gasteiger partial charge in [-0.2, -0.15) is 0 Å². The maximum atomic E-state index is 11.5. The van der Waals surface area contributed by atoms with E-state index in [0.717, 1.165) is 35.3 Å². The molecule has 21 heavy (non-hydrogen) atoms. The fraction of sp³-hybridized carbons (Fsp3) is 0.312. The van der Waals surface area contributed by atoms with Gasteiger partial charge in [-0.05, 0) is 42.3 Å². The number of rotatable bonds is 5. The highest BCUT2D eigenvalue weighted by Gasteiger charge is 2.24. The number of carbonyl (C=O) groups is 1. The van der Waals surface area contributed by atoms with Gasteiger partial charge in [0.1, 0.15) is 0 Å². The molecule has 0 radical (unpaired) electrons. The smallest absolute Gasteiger partial charge is 0.228 e. The van der Waals surface area contributed by atoms with Gasteiger partial charge < -0.3 is 15.1 Å². The summed E-state index contributed by atoms with van der Waals surface area (Å²) in [6.07, 6.45) is 4.81. The van der Waals surface area contributed by atoms with E-state index in [1.165, 1.54) is 0 Å². The summed E-state index contributed by atoms with van der Waals surface area (Å²) in [5.74, 6) is 0.0135. The van der Waals surface area contributed by atoms with Crippen molar-refractivity contribution in [3.05, 3.63) is 52.4 Å². The number of benzene rings is 1. The van der Waals surface area contributed by atoms with Crippen molar-refractivity contribution in [3.63, 3.8) is 0 Å². The second-order valence-corrected chi connectivity index (χ2v) is 5.61. The van der Waals surface area contributed by atoms with Crippen molar-refractivity contribution in [2.24, 2.45) is 0 Å². The molecular weight excluding hydrogens is 288 g/mol. The van der Waals surface area contributed by atoms with Gasteiger partial charge in [-0.15, -0.1) is 0 Å². The predicted octanol–water partition coefficient (Wildman–Crippen LogP) is 3.52. The first kappa shape index (κ1) is 14.2. The highest BCUT2D eigenvalue weighted by molar-refractivity contribution is 6.32. The Hall–Kier alpha value is -1.78. The van der Waals surface area contributed by atoms with Crippen molar-refractivity contribution in [1.29, 1.82) is 0 Å². The molecule has 1 amide bonds. The molecule has 1 unspecified atom stereocenters. The highest BCUT2D eigenvalue weighted by Crippen LogP contribution is 2.35. The van der Waals surface area contributed by atoms with Crippen LogP contribution in [0.2, 0.25) is 5.02 Å². The second-order valence-electron chi connectivity index (χ2n) is 5.20. The molecule has 1 aliphatic rings. The number of furan rings is 1. The SMILES string of the molecule is CCCNC(c1ccoc1)c1cc2c(cc1Cl)NC(=O)C2. The summed E-state index contributed by atoms with van der Waals surface area (Å²) in [7, 11) is 0. The lowest BCUT2D eigenvalue weighted by atomic mass is 9.98. The maximum absolute atomic E-state index is 11.5. The van der Waals surface area contributed by atoms with Crippen LogP contribution in [0, 0.1) is 0 Å².